The number of hydrogen-bond acceptors (Lipinski definition) is 4. The molecule has 19 heavy (non-hydrogen) atoms. The molecule has 5 heteroatoms. The van der Waals surface area contributed by atoms with Crippen LogP contribution in [0, 0.1) is 6.92 Å². The van der Waals surface area contributed by atoms with Crippen LogP contribution in [0.4, 0.5) is 5.82 Å². The van der Waals surface area contributed by atoms with Crippen LogP contribution in [-0.4, -0.2) is 20.4 Å². The number of aryl methyl sites for hydroxylation is 1. The first-order valence-corrected chi connectivity index (χ1v) is 5.93. The number of benzene rings is 1. The van der Waals surface area contributed by atoms with Gasteiger partial charge in [0.15, 0.2) is 5.82 Å². The first kappa shape index (κ1) is 11.4. The van der Waals surface area contributed by atoms with Gasteiger partial charge in [0.05, 0.1) is 23.7 Å². The summed E-state index contributed by atoms with van der Waals surface area (Å²) < 4.78 is 0. The lowest BCUT2D eigenvalue weighted by molar-refractivity contribution is 1.03. The van der Waals surface area contributed by atoms with Crippen LogP contribution in [-0.2, 0) is 0 Å². The lowest BCUT2D eigenvalue weighted by Gasteiger charge is -2.05. The van der Waals surface area contributed by atoms with Crippen molar-refractivity contribution < 1.29 is 0 Å². The second kappa shape index (κ2) is 4.53. The van der Waals surface area contributed by atoms with Gasteiger partial charge in [0.1, 0.15) is 0 Å². The molecule has 0 aliphatic heterocycles. The minimum Gasteiger partial charge on any atom is -0.382 e. The van der Waals surface area contributed by atoms with Crippen molar-refractivity contribution in [2.24, 2.45) is 0 Å². The molecular formula is C14H13N5. The van der Waals surface area contributed by atoms with Crippen molar-refractivity contribution in [2.45, 2.75) is 6.92 Å². The Morgan fingerprint density at radius 2 is 2.00 bits per heavy atom. The van der Waals surface area contributed by atoms with Crippen LogP contribution in [0.15, 0.2) is 42.7 Å². The summed E-state index contributed by atoms with van der Waals surface area (Å²) in [5.74, 6) is 0.484. The van der Waals surface area contributed by atoms with Gasteiger partial charge in [0.25, 0.3) is 0 Å². The maximum absolute atomic E-state index is 5.98. The summed E-state index contributed by atoms with van der Waals surface area (Å²) in [7, 11) is 0. The molecule has 0 fully saturated rings. The molecule has 1 aromatic carbocycles. The maximum Gasteiger partial charge on any atom is 0.153 e. The Morgan fingerprint density at radius 3 is 2.74 bits per heavy atom. The van der Waals surface area contributed by atoms with Gasteiger partial charge in [-0.25, -0.2) is 0 Å². The Balaban J connectivity index is 2.20. The average molecular weight is 251 g/mol. The van der Waals surface area contributed by atoms with Crippen LogP contribution >= 0.6 is 0 Å². The van der Waals surface area contributed by atoms with Gasteiger partial charge in [0, 0.05) is 5.56 Å². The molecule has 0 bridgehead atoms. The van der Waals surface area contributed by atoms with Crippen molar-refractivity contribution in [1.82, 2.24) is 20.4 Å². The predicted molar refractivity (Wildman–Crippen MR) is 74.2 cm³/mol. The summed E-state index contributed by atoms with van der Waals surface area (Å²) in [5, 5.41) is 14.7. The molecule has 3 N–H and O–H groups in total. The highest BCUT2D eigenvalue weighted by atomic mass is 15.2. The van der Waals surface area contributed by atoms with E-state index in [4.69, 9.17) is 5.73 Å². The van der Waals surface area contributed by atoms with E-state index in [-0.39, 0.29) is 0 Å². The van der Waals surface area contributed by atoms with E-state index in [1.165, 1.54) is 5.56 Å². The van der Waals surface area contributed by atoms with Crippen LogP contribution in [0.3, 0.4) is 0 Å². The Kier molecular flexibility index (Phi) is 2.72. The summed E-state index contributed by atoms with van der Waals surface area (Å²) in [4.78, 5) is 0. The molecule has 0 radical (unpaired) electrons. The number of nitrogens with one attached hydrogen (secondary N) is 1. The Morgan fingerprint density at radius 1 is 1.11 bits per heavy atom. The number of nitrogens with two attached hydrogens (primary N) is 1. The van der Waals surface area contributed by atoms with E-state index in [0.29, 0.717) is 5.82 Å². The van der Waals surface area contributed by atoms with Gasteiger partial charge >= 0.3 is 0 Å². The topological polar surface area (TPSA) is 80.5 Å². The van der Waals surface area contributed by atoms with Gasteiger partial charge in [-0.3, -0.25) is 5.10 Å². The molecule has 0 unspecified atom stereocenters. The molecule has 0 amide bonds. The standard InChI is InChI=1S/C14H13N5/c1-9-3-2-4-10(7-9)12-13(18-19-14(12)15)11-5-6-16-17-8-11/h2-8H,1H3,(H3,15,18,19). The zero-order valence-corrected chi connectivity index (χ0v) is 10.5. The number of nitrogen functional groups attached to an aromatic ring is 1. The monoisotopic (exact) mass is 251 g/mol. The highest BCUT2D eigenvalue weighted by Crippen LogP contribution is 2.34. The van der Waals surface area contributed by atoms with E-state index < -0.39 is 0 Å². The van der Waals surface area contributed by atoms with Gasteiger partial charge in [0.2, 0.25) is 0 Å². The molecular weight excluding hydrogens is 238 g/mol. The van der Waals surface area contributed by atoms with Crippen LogP contribution in [0.5, 0.6) is 0 Å². The molecule has 94 valence electrons. The normalized spacial score (nSPS) is 10.6. The molecule has 0 saturated carbocycles. The highest BCUT2D eigenvalue weighted by Gasteiger charge is 2.14. The summed E-state index contributed by atoms with van der Waals surface area (Å²) >= 11 is 0. The zero-order valence-electron chi connectivity index (χ0n) is 10.5. The van der Waals surface area contributed by atoms with E-state index in [1.807, 2.05) is 31.2 Å². The minimum atomic E-state index is 0.484. The Labute approximate surface area is 110 Å². The minimum absolute atomic E-state index is 0.484. The third-order valence-corrected chi connectivity index (χ3v) is 2.97. The number of aromatic amines is 1. The summed E-state index contributed by atoms with van der Waals surface area (Å²) in [6.07, 6.45) is 3.33. The molecule has 0 saturated heterocycles. The Hall–Kier alpha value is -2.69. The third-order valence-electron chi connectivity index (χ3n) is 2.97. The van der Waals surface area contributed by atoms with Crippen LogP contribution in [0.2, 0.25) is 0 Å². The van der Waals surface area contributed by atoms with Crippen molar-refractivity contribution in [1.29, 1.82) is 0 Å². The second-order valence-electron chi connectivity index (χ2n) is 4.36. The first-order chi connectivity index (χ1) is 9.25. The van der Waals surface area contributed by atoms with Crippen LogP contribution in [0.25, 0.3) is 22.4 Å². The smallest absolute Gasteiger partial charge is 0.153 e. The SMILES string of the molecule is Cc1cccc(-c2c(N)n[nH]c2-c2ccnnc2)c1. The van der Waals surface area contributed by atoms with Gasteiger partial charge in [-0.15, -0.1) is 0 Å². The fourth-order valence-electron chi connectivity index (χ4n) is 2.10. The van der Waals surface area contributed by atoms with Crippen LogP contribution < -0.4 is 5.73 Å². The van der Waals surface area contributed by atoms with Gasteiger partial charge < -0.3 is 5.73 Å². The summed E-state index contributed by atoms with van der Waals surface area (Å²) in [6, 6.07) is 10.0. The maximum atomic E-state index is 5.98. The molecule has 3 rings (SSSR count). The van der Waals surface area contributed by atoms with Crippen molar-refractivity contribution in [2.75, 3.05) is 5.73 Å². The van der Waals surface area contributed by atoms with Gasteiger partial charge in [-0.1, -0.05) is 29.8 Å². The van der Waals surface area contributed by atoms with E-state index in [9.17, 15) is 0 Å². The molecule has 0 spiro atoms. The number of nitrogens with zero attached hydrogens (tertiary/aromatic N) is 3. The van der Waals surface area contributed by atoms with E-state index in [0.717, 1.165) is 22.4 Å². The molecule has 5 nitrogen and oxygen atoms in total. The van der Waals surface area contributed by atoms with Crippen molar-refractivity contribution in [3.05, 3.63) is 48.3 Å². The van der Waals surface area contributed by atoms with E-state index >= 15 is 0 Å². The molecule has 2 aromatic heterocycles. The molecule has 0 aliphatic rings. The molecule has 2 heterocycles. The van der Waals surface area contributed by atoms with Gasteiger partial charge in [-0.2, -0.15) is 15.3 Å². The van der Waals surface area contributed by atoms with E-state index in [1.54, 1.807) is 12.4 Å². The molecule has 0 aliphatic carbocycles. The quantitative estimate of drug-likeness (QED) is 0.733. The Bertz CT molecular complexity index is 703. The third kappa shape index (κ3) is 2.06. The van der Waals surface area contributed by atoms with Crippen molar-refractivity contribution in [3.8, 4) is 22.4 Å². The fraction of sp³-hybridized carbons (Fsp3) is 0.0714. The lowest BCUT2D eigenvalue weighted by atomic mass is 10.0. The van der Waals surface area contributed by atoms with Crippen molar-refractivity contribution >= 4 is 5.82 Å². The van der Waals surface area contributed by atoms with E-state index in [2.05, 4.69) is 26.5 Å². The molecule has 0 atom stereocenters. The van der Waals surface area contributed by atoms with Gasteiger partial charge in [-0.05, 0) is 18.6 Å². The largest absolute Gasteiger partial charge is 0.382 e. The second-order valence-corrected chi connectivity index (χ2v) is 4.36. The molecule has 3 aromatic rings. The predicted octanol–water partition coefficient (Wildman–Crippen LogP) is 2.42. The number of hydrogen-bond donors (Lipinski definition) is 2. The van der Waals surface area contributed by atoms with Crippen molar-refractivity contribution in [3.63, 3.8) is 0 Å². The first-order valence-electron chi connectivity index (χ1n) is 5.93. The zero-order chi connectivity index (χ0) is 13.2. The summed E-state index contributed by atoms with van der Waals surface area (Å²) in [6.45, 7) is 2.05. The number of rotatable bonds is 2. The van der Waals surface area contributed by atoms with Crippen LogP contribution in [0.1, 0.15) is 5.56 Å². The number of H-pyrrole nitrogens is 1. The number of anilines is 1. The number of aromatic nitrogens is 4. The lowest BCUT2D eigenvalue weighted by Crippen LogP contribution is -1.90. The highest BCUT2D eigenvalue weighted by molar-refractivity contribution is 5.87. The summed E-state index contributed by atoms with van der Waals surface area (Å²) in [5.41, 5.74) is 10.9. The fourth-order valence-corrected chi connectivity index (χ4v) is 2.10. The average Bonchev–Trinajstić information content (AvgIpc) is 2.82.